The average molecular weight is 594 g/mol. The summed E-state index contributed by atoms with van der Waals surface area (Å²) >= 11 is 1.36. The van der Waals surface area contributed by atoms with Crippen LogP contribution in [0.4, 0.5) is 11.4 Å². The van der Waals surface area contributed by atoms with E-state index < -0.39 is 17.1 Å². The molecule has 3 amide bonds. The van der Waals surface area contributed by atoms with Crippen LogP contribution in [-0.4, -0.2) is 36.2 Å². The molecule has 1 aliphatic rings. The van der Waals surface area contributed by atoms with Crippen molar-refractivity contribution >= 4 is 46.9 Å². The number of anilines is 2. The lowest BCUT2D eigenvalue weighted by Gasteiger charge is -2.19. The maximum absolute atomic E-state index is 13.4. The second-order valence-corrected chi connectivity index (χ2v) is 11.3. The maximum atomic E-state index is 13.4. The van der Waals surface area contributed by atoms with E-state index in [9.17, 15) is 14.4 Å². The largest absolute Gasteiger partial charge is 0.486 e. The molecule has 8 nitrogen and oxygen atoms in total. The summed E-state index contributed by atoms with van der Waals surface area (Å²) in [5.41, 5.74) is 3.49. The van der Waals surface area contributed by atoms with E-state index in [2.05, 4.69) is 16.0 Å². The van der Waals surface area contributed by atoms with E-state index in [0.717, 1.165) is 16.0 Å². The zero-order valence-electron chi connectivity index (χ0n) is 23.8. The number of amides is 3. The summed E-state index contributed by atoms with van der Waals surface area (Å²) in [5, 5.41) is 8.13. The Bertz CT molecular complexity index is 1670. The minimum atomic E-state index is -0.475. The molecule has 1 aliphatic heterocycles. The van der Waals surface area contributed by atoms with Gasteiger partial charge in [0.1, 0.15) is 18.9 Å². The lowest BCUT2D eigenvalue weighted by atomic mass is 10.1. The Morgan fingerprint density at radius 3 is 2.33 bits per heavy atom. The Morgan fingerprint density at radius 1 is 0.791 bits per heavy atom. The summed E-state index contributed by atoms with van der Waals surface area (Å²) in [6.45, 7) is 4.73. The van der Waals surface area contributed by atoms with E-state index in [-0.39, 0.29) is 11.6 Å². The zero-order chi connectivity index (χ0) is 30.2. The number of rotatable bonds is 9. The molecule has 0 fully saturated rings. The monoisotopic (exact) mass is 593 g/mol. The van der Waals surface area contributed by atoms with Crippen LogP contribution in [0.25, 0.3) is 6.08 Å². The molecule has 0 spiro atoms. The number of aryl methyl sites for hydroxylation is 1. The number of hydrogen-bond donors (Lipinski definition) is 3. The third-order valence-electron chi connectivity index (χ3n) is 6.47. The van der Waals surface area contributed by atoms with Crippen molar-refractivity contribution in [2.75, 3.05) is 23.8 Å². The molecule has 0 saturated heterocycles. The molecule has 4 aromatic rings. The molecule has 218 valence electrons. The molecule has 0 radical (unpaired) electrons. The minimum Gasteiger partial charge on any atom is -0.486 e. The number of thioether (sulfide) groups is 1. The highest BCUT2D eigenvalue weighted by atomic mass is 32.2. The van der Waals surface area contributed by atoms with E-state index in [1.54, 1.807) is 66.7 Å². The third kappa shape index (κ3) is 8.05. The van der Waals surface area contributed by atoms with Gasteiger partial charge in [-0.05, 0) is 68.0 Å². The van der Waals surface area contributed by atoms with Gasteiger partial charge in [-0.1, -0.05) is 54.1 Å². The minimum absolute atomic E-state index is 0.102. The normalized spacial score (nSPS) is 13.0. The fraction of sp³-hybridized carbons (Fsp3) is 0.147. The van der Waals surface area contributed by atoms with Gasteiger partial charge in [-0.25, -0.2) is 0 Å². The molecule has 1 atom stereocenters. The SMILES string of the molecule is Cc1cccc(/C=C(/NC(=O)c2ccccc2)C(=O)Nc2cccc(SC(C)C(=O)Nc3ccc4c(c3)OCCO4)c2)c1. The van der Waals surface area contributed by atoms with Crippen LogP contribution in [0, 0.1) is 6.92 Å². The predicted molar refractivity (Wildman–Crippen MR) is 170 cm³/mol. The van der Waals surface area contributed by atoms with Gasteiger partial charge in [-0.2, -0.15) is 0 Å². The molecular weight excluding hydrogens is 562 g/mol. The Hall–Kier alpha value is -5.02. The molecule has 0 bridgehead atoms. The van der Waals surface area contributed by atoms with Gasteiger partial charge in [0.05, 0.1) is 5.25 Å². The van der Waals surface area contributed by atoms with Crippen LogP contribution in [0.15, 0.2) is 108 Å². The maximum Gasteiger partial charge on any atom is 0.272 e. The van der Waals surface area contributed by atoms with E-state index in [1.807, 2.05) is 50.2 Å². The van der Waals surface area contributed by atoms with Crippen LogP contribution in [-0.2, 0) is 9.59 Å². The molecule has 1 heterocycles. The summed E-state index contributed by atoms with van der Waals surface area (Å²) < 4.78 is 11.1. The number of carbonyl (C=O) groups is 3. The highest BCUT2D eigenvalue weighted by Crippen LogP contribution is 2.33. The fourth-order valence-electron chi connectivity index (χ4n) is 4.34. The summed E-state index contributed by atoms with van der Waals surface area (Å²) in [6, 6.07) is 28.9. The van der Waals surface area contributed by atoms with E-state index in [0.29, 0.717) is 41.7 Å². The van der Waals surface area contributed by atoms with Crippen LogP contribution in [0.3, 0.4) is 0 Å². The lowest BCUT2D eigenvalue weighted by Crippen LogP contribution is -2.30. The van der Waals surface area contributed by atoms with Crippen molar-refractivity contribution in [1.29, 1.82) is 0 Å². The first-order chi connectivity index (χ1) is 20.8. The van der Waals surface area contributed by atoms with Crippen molar-refractivity contribution in [3.8, 4) is 11.5 Å². The Morgan fingerprint density at radius 2 is 1.53 bits per heavy atom. The summed E-state index contributed by atoms with van der Waals surface area (Å²) in [5.74, 6) is 0.211. The fourth-order valence-corrected chi connectivity index (χ4v) is 5.26. The second kappa shape index (κ2) is 13.8. The average Bonchev–Trinajstić information content (AvgIpc) is 3.01. The Labute approximate surface area is 254 Å². The van der Waals surface area contributed by atoms with Crippen molar-refractivity contribution in [2.45, 2.75) is 24.0 Å². The molecule has 43 heavy (non-hydrogen) atoms. The first kappa shape index (κ1) is 29.5. The molecule has 1 unspecified atom stereocenters. The molecule has 0 aliphatic carbocycles. The smallest absolute Gasteiger partial charge is 0.272 e. The van der Waals surface area contributed by atoms with Crippen molar-refractivity contribution in [2.24, 2.45) is 0 Å². The highest BCUT2D eigenvalue weighted by Gasteiger charge is 2.19. The first-order valence-electron chi connectivity index (χ1n) is 13.8. The Kier molecular flexibility index (Phi) is 9.43. The molecule has 0 saturated carbocycles. The van der Waals surface area contributed by atoms with Gasteiger partial charge < -0.3 is 25.4 Å². The first-order valence-corrected chi connectivity index (χ1v) is 14.7. The number of hydrogen-bond acceptors (Lipinski definition) is 6. The predicted octanol–water partition coefficient (Wildman–Crippen LogP) is 6.30. The molecule has 0 aromatic heterocycles. The number of carbonyl (C=O) groups excluding carboxylic acids is 3. The van der Waals surface area contributed by atoms with Gasteiger partial charge in [-0.15, -0.1) is 11.8 Å². The van der Waals surface area contributed by atoms with Gasteiger partial charge >= 0.3 is 0 Å². The summed E-state index contributed by atoms with van der Waals surface area (Å²) in [7, 11) is 0. The number of fused-ring (bicyclic) bond motifs is 1. The highest BCUT2D eigenvalue weighted by molar-refractivity contribution is 8.00. The zero-order valence-corrected chi connectivity index (χ0v) is 24.6. The van der Waals surface area contributed by atoms with Crippen LogP contribution in [0.1, 0.15) is 28.4 Å². The van der Waals surface area contributed by atoms with Crippen LogP contribution in [0.5, 0.6) is 11.5 Å². The van der Waals surface area contributed by atoms with Gasteiger partial charge in [-0.3, -0.25) is 14.4 Å². The van der Waals surface area contributed by atoms with Crippen molar-refractivity contribution in [1.82, 2.24) is 5.32 Å². The summed E-state index contributed by atoms with van der Waals surface area (Å²) in [6.07, 6.45) is 1.64. The molecular formula is C34H31N3O5S. The number of ether oxygens (including phenoxy) is 2. The third-order valence-corrected chi connectivity index (χ3v) is 7.56. The van der Waals surface area contributed by atoms with Crippen molar-refractivity contribution < 1.29 is 23.9 Å². The second-order valence-electron chi connectivity index (χ2n) is 9.88. The van der Waals surface area contributed by atoms with E-state index in [1.165, 1.54) is 11.8 Å². The van der Waals surface area contributed by atoms with Gasteiger partial charge in [0.2, 0.25) is 5.91 Å². The van der Waals surface area contributed by atoms with Crippen LogP contribution in [0.2, 0.25) is 0 Å². The Balaban J connectivity index is 1.26. The topological polar surface area (TPSA) is 106 Å². The lowest BCUT2D eigenvalue weighted by molar-refractivity contribution is -0.115. The number of nitrogens with one attached hydrogen (secondary N) is 3. The van der Waals surface area contributed by atoms with Crippen LogP contribution < -0.4 is 25.4 Å². The van der Waals surface area contributed by atoms with Gasteiger partial charge in [0.25, 0.3) is 11.8 Å². The van der Waals surface area contributed by atoms with Crippen molar-refractivity contribution in [3.63, 3.8) is 0 Å². The van der Waals surface area contributed by atoms with Crippen LogP contribution >= 0.6 is 11.8 Å². The van der Waals surface area contributed by atoms with E-state index in [4.69, 9.17) is 9.47 Å². The van der Waals surface area contributed by atoms with E-state index >= 15 is 0 Å². The summed E-state index contributed by atoms with van der Waals surface area (Å²) in [4.78, 5) is 40.1. The molecule has 9 heteroatoms. The molecule has 3 N–H and O–H groups in total. The molecule has 5 rings (SSSR count). The van der Waals surface area contributed by atoms with Crippen molar-refractivity contribution in [3.05, 3.63) is 119 Å². The van der Waals surface area contributed by atoms with Gasteiger partial charge in [0, 0.05) is 27.9 Å². The standard InChI is InChI=1S/C34H31N3O5S/c1-22-8-6-9-24(18-22)19-29(37-33(39)25-10-4-3-5-11-25)34(40)36-26-12-7-13-28(20-26)43-23(2)32(38)35-27-14-15-30-31(21-27)42-17-16-41-30/h3-15,18-21,23H,16-17H2,1-2H3,(H,35,38)(H,36,40)(H,37,39)/b29-19+. The quantitative estimate of drug-likeness (QED) is 0.156. The molecule has 4 aromatic carbocycles. The number of benzene rings is 4. The van der Waals surface area contributed by atoms with Gasteiger partial charge in [0.15, 0.2) is 11.5 Å².